The quantitative estimate of drug-likeness (QED) is 0.622. The van der Waals surface area contributed by atoms with Gasteiger partial charge in [-0.3, -0.25) is 4.79 Å². The third-order valence-electron chi connectivity index (χ3n) is 4.62. The molecule has 4 heteroatoms. The highest BCUT2D eigenvalue weighted by atomic mass is 16.5. The fourth-order valence-electron chi connectivity index (χ4n) is 2.83. The molecule has 27 heavy (non-hydrogen) atoms. The van der Waals surface area contributed by atoms with Crippen LogP contribution in [0.3, 0.4) is 0 Å². The number of ether oxygens (including phenoxy) is 2. The summed E-state index contributed by atoms with van der Waals surface area (Å²) in [6.45, 7) is 9.04. The summed E-state index contributed by atoms with van der Waals surface area (Å²) in [6, 6.07) is 14.0. The van der Waals surface area contributed by atoms with Crippen LogP contribution in [-0.4, -0.2) is 25.2 Å². The van der Waals surface area contributed by atoms with Crippen LogP contribution >= 0.6 is 0 Å². The third-order valence-corrected chi connectivity index (χ3v) is 4.62. The molecule has 0 bridgehead atoms. The first-order valence-electron chi connectivity index (χ1n) is 9.77. The molecule has 0 fully saturated rings. The summed E-state index contributed by atoms with van der Waals surface area (Å²) >= 11 is 0. The molecule has 1 unspecified atom stereocenters. The van der Waals surface area contributed by atoms with E-state index in [1.807, 2.05) is 51.1 Å². The SMILES string of the molecule is CCCc1ccc(OCCNC(=O)C(CC)Oc2cccc(C)c2C)cc1. The van der Waals surface area contributed by atoms with Gasteiger partial charge in [0.1, 0.15) is 18.1 Å². The standard InChI is InChI=1S/C23H31NO3/c1-5-8-19-11-13-20(14-12-19)26-16-15-24-23(25)21(6-2)27-22-10-7-9-17(3)18(22)4/h7,9-14,21H,5-6,8,15-16H2,1-4H3,(H,24,25). The van der Waals surface area contributed by atoms with Crippen molar-refractivity contribution in [3.63, 3.8) is 0 Å². The number of carbonyl (C=O) groups excluding carboxylic acids is 1. The van der Waals surface area contributed by atoms with Gasteiger partial charge in [-0.1, -0.05) is 44.5 Å². The lowest BCUT2D eigenvalue weighted by Gasteiger charge is -2.19. The predicted molar refractivity (Wildman–Crippen MR) is 110 cm³/mol. The molecule has 2 aromatic carbocycles. The van der Waals surface area contributed by atoms with Crippen LogP contribution in [0.25, 0.3) is 0 Å². The van der Waals surface area contributed by atoms with Crippen molar-refractivity contribution < 1.29 is 14.3 Å². The van der Waals surface area contributed by atoms with E-state index in [4.69, 9.17) is 9.47 Å². The lowest BCUT2D eigenvalue weighted by atomic mass is 10.1. The Labute approximate surface area is 162 Å². The number of aryl methyl sites for hydroxylation is 2. The molecule has 0 aliphatic rings. The highest BCUT2D eigenvalue weighted by molar-refractivity contribution is 5.81. The maximum absolute atomic E-state index is 12.4. The normalized spacial score (nSPS) is 11.7. The molecule has 1 amide bonds. The molecule has 0 heterocycles. The largest absolute Gasteiger partial charge is 0.492 e. The zero-order chi connectivity index (χ0) is 19.6. The Hall–Kier alpha value is -2.49. The maximum atomic E-state index is 12.4. The first kappa shape index (κ1) is 20.8. The van der Waals surface area contributed by atoms with E-state index in [0.717, 1.165) is 35.5 Å². The van der Waals surface area contributed by atoms with Crippen molar-refractivity contribution in [1.82, 2.24) is 5.32 Å². The molecule has 1 atom stereocenters. The van der Waals surface area contributed by atoms with E-state index >= 15 is 0 Å². The van der Waals surface area contributed by atoms with Crippen molar-refractivity contribution in [2.24, 2.45) is 0 Å². The Bertz CT molecular complexity index is 725. The molecule has 0 aromatic heterocycles. The van der Waals surface area contributed by atoms with Crippen LogP contribution in [0.2, 0.25) is 0 Å². The van der Waals surface area contributed by atoms with Gasteiger partial charge in [-0.05, 0) is 61.6 Å². The first-order valence-corrected chi connectivity index (χ1v) is 9.77. The molecule has 2 aromatic rings. The van der Waals surface area contributed by atoms with Gasteiger partial charge < -0.3 is 14.8 Å². The van der Waals surface area contributed by atoms with Crippen LogP contribution in [0.4, 0.5) is 0 Å². The summed E-state index contributed by atoms with van der Waals surface area (Å²) in [5.41, 5.74) is 3.53. The number of benzene rings is 2. The first-order chi connectivity index (χ1) is 13.0. The third kappa shape index (κ3) is 6.31. The molecule has 0 spiro atoms. The average Bonchev–Trinajstić information content (AvgIpc) is 2.67. The molecule has 146 valence electrons. The average molecular weight is 370 g/mol. The zero-order valence-corrected chi connectivity index (χ0v) is 16.9. The molecule has 2 rings (SSSR count). The fourth-order valence-corrected chi connectivity index (χ4v) is 2.83. The summed E-state index contributed by atoms with van der Waals surface area (Å²) in [4.78, 5) is 12.4. The lowest BCUT2D eigenvalue weighted by Crippen LogP contribution is -2.39. The lowest BCUT2D eigenvalue weighted by molar-refractivity contribution is -0.128. The second-order valence-electron chi connectivity index (χ2n) is 6.75. The summed E-state index contributed by atoms with van der Waals surface area (Å²) < 4.78 is 11.6. The smallest absolute Gasteiger partial charge is 0.261 e. The molecule has 4 nitrogen and oxygen atoms in total. The van der Waals surface area contributed by atoms with Crippen molar-refractivity contribution in [2.75, 3.05) is 13.2 Å². The number of carbonyl (C=O) groups is 1. The highest BCUT2D eigenvalue weighted by Crippen LogP contribution is 2.22. The van der Waals surface area contributed by atoms with E-state index in [9.17, 15) is 4.79 Å². The van der Waals surface area contributed by atoms with Crippen molar-refractivity contribution in [3.05, 3.63) is 59.2 Å². The number of amides is 1. The Balaban J connectivity index is 1.78. The number of nitrogens with one attached hydrogen (secondary N) is 1. The summed E-state index contributed by atoms with van der Waals surface area (Å²) in [5, 5.41) is 2.90. The molecule has 0 saturated heterocycles. The molecule has 0 radical (unpaired) electrons. The Morgan fingerprint density at radius 2 is 1.81 bits per heavy atom. The van der Waals surface area contributed by atoms with Gasteiger partial charge in [-0.25, -0.2) is 0 Å². The van der Waals surface area contributed by atoms with Crippen molar-refractivity contribution >= 4 is 5.91 Å². The van der Waals surface area contributed by atoms with E-state index in [-0.39, 0.29) is 5.91 Å². The van der Waals surface area contributed by atoms with Gasteiger partial charge in [0, 0.05) is 0 Å². The second-order valence-corrected chi connectivity index (χ2v) is 6.75. The monoisotopic (exact) mass is 369 g/mol. The molecule has 0 aliphatic carbocycles. The van der Waals surface area contributed by atoms with E-state index in [0.29, 0.717) is 19.6 Å². The Kier molecular flexibility index (Phi) is 8.18. The number of hydrogen-bond acceptors (Lipinski definition) is 3. The van der Waals surface area contributed by atoms with Gasteiger partial charge in [-0.15, -0.1) is 0 Å². The fraction of sp³-hybridized carbons (Fsp3) is 0.435. The van der Waals surface area contributed by atoms with Gasteiger partial charge in [0.05, 0.1) is 6.54 Å². The van der Waals surface area contributed by atoms with Crippen molar-refractivity contribution in [2.45, 2.75) is 53.1 Å². The van der Waals surface area contributed by atoms with E-state index < -0.39 is 6.10 Å². The van der Waals surface area contributed by atoms with Crippen LogP contribution in [0.5, 0.6) is 11.5 Å². The minimum absolute atomic E-state index is 0.111. The second kappa shape index (κ2) is 10.6. The van der Waals surface area contributed by atoms with E-state index in [1.54, 1.807) is 0 Å². The summed E-state index contributed by atoms with van der Waals surface area (Å²) in [6.07, 6.45) is 2.32. The number of rotatable bonds is 10. The van der Waals surface area contributed by atoms with E-state index in [1.165, 1.54) is 5.56 Å². The molecular formula is C23H31NO3. The van der Waals surface area contributed by atoms with Crippen LogP contribution in [0.15, 0.2) is 42.5 Å². The van der Waals surface area contributed by atoms with Crippen LogP contribution in [-0.2, 0) is 11.2 Å². The van der Waals surface area contributed by atoms with Crippen LogP contribution in [0, 0.1) is 13.8 Å². The molecular weight excluding hydrogens is 338 g/mol. The van der Waals surface area contributed by atoms with Crippen molar-refractivity contribution in [1.29, 1.82) is 0 Å². The number of hydrogen-bond donors (Lipinski definition) is 1. The predicted octanol–water partition coefficient (Wildman–Crippen LogP) is 4.61. The highest BCUT2D eigenvalue weighted by Gasteiger charge is 2.19. The Morgan fingerprint density at radius 3 is 2.48 bits per heavy atom. The summed E-state index contributed by atoms with van der Waals surface area (Å²) in [5.74, 6) is 1.48. The van der Waals surface area contributed by atoms with Gasteiger partial charge >= 0.3 is 0 Å². The van der Waals surface area contributed by atoms with Gasteiger partial charge in [0.25, 0.3) is 5.91 Å². The molecule has 0 aliphatic heterocycles. The minimum atomic E-state index is -0.501. The zero-order valence-electron chi connectivity index (χ0n) is 16.9. The molecule has 0 saturated carbocycles. The Morgan fingerprint density at radius 1 is 1.07 bits per heavy atom. The van der Waals surface area contributed by atoms with Gasteiger partial charge in [-0.2, -0.15) is 0 Å². The van der Waals surface area contributed by atoms with Gasteiger partial charge in [0.2, 0.25) is 0 Å². The molecule has 1 N–H and O–H groups in total. The minimum Gasteiger partial charge on any atom is -0.492 e. The maximum Gasteiger partial charge on any atom is 0.261 e. The topological polar surface area (TPSA) is 47.6 Å². The summed E-state index contributed by atoms with van der Waals surface area (Å²) in [7, 11) is 0. The van der Waals surface area contributed by atoms with Crippen LogP contribution < -0.4 is 14.8 Å². The van der Waals surface area contributed by atoms with Crippen LogP contribution in [0.1, 0.15) is 43.4 Å². The van der Waals surface area contributed by atoms with E-state index in [2.05, 4.69) is 24.4 Å². The van der Waals surface area contributed by atoms with Crippen molar-refractivity contribution in [3.8, 4) is 11.5 Å². The van der Waals surface area contributed by atoms with Gasteiger partial charge in [0.15, 0.2) is 6.10 Å².